The lowest BCUT2D eigenvalue weighted by atomic mass is 9.84. The molecule has 1 N–H and O–H groups in total. The molecule has 0 saturated carbocycles. The average molecular weight is 185 g/mol. The van der Waals surface area contributed by atoms with E-state index in [0.29, 0.717) is 0 Å². The van der Waals surface area contributed by atoms with Gasteiger partial charge in [0.25, 0.3) is 0 Å². The molecule has 0 radical (unpaired) electrons. The minimum absolute atomic E-state index is 0.0625. The second-order valence-corrected chi connectivity index (χ2v) is 5.15. The van der Waals surface area contributed by atoms with Crippen molar-refractivity contribution in [3.63, 3.8) is 0 Å². The van der Waals surface area contributed by atoms with Crippen molar-refractivity contribution in [1.29, 1.82) is 0 Å². The number of nitrogens with zero attached hydrogens (tertiary/aromatic N) is 1. The number of hydrogen-bond donors (Lipinski definition) is 1. The van der Waals surface area contributed by atoms with Gasteiger partial charge in [-0.2, -0.15) is 5.06 Å². The lowest BCUT2D eigenvalue weighted by molar-refractivity contribution is -0.196. The average Bonchev–Trinajstić information content (AvgIpc) is 2.11. The molecule has 3 nitrogen and oxygen atoms in total. The molecule has 0 aromatic rings. The van der Waals surface area contributed by atoms with Crippen LogP contribution in [0.3, 0.4) is 0 Å². The summed E-state index contributed by atoms with van der Waals surface area (Å²) in [5, 5.41) is 11.2. The van der Waals surface area contributed by atoms with Crippen LogP contribution in [0.4, 0.5) is 0 Å². The van der Waals surface area contributed by atoms with Gasteiger partial charge >= 0.3 is 0 Å². The van der Waals surface area contributed by atoms with E-state index < -0.39 is 5.54 Å². The highest BCUT2D eigenvalue weighted by atomic mass is 16.5. The predicted octanol–water partition coefficient (Wildman–Crippen LogP) is 1.84. The van der Waals surface area contributed by atoms with Crippen molar-refractivity contribution in [2.45, 2.75) is 52.1 Å². The predicted molar refractivity (Wildman–Crippen MR) is 50.6 cm³/mol. The molecule has 1 fully saturated rings. The molecule has 0 aromatic carbocycles. The molecule has 0 bridgehead atoms. The van der Waals surface area contributed by atoms with Crippen molar-refractivity contribution in [3.05, 3.63) is 0 Å². The van der Waals surface area contributed by atoms with E-state index in [4.69, 9.17) is 0 Å². The van der Waals surface area contributed by atoms with Crippen LogP contribution in [0.2, 0.25) is 0 Å². The molecule has 1 aliphatic rings. The van der Waals surface area contributed by atoms with Gasteiger partial charge in [-0.3, -0.25) is 4.79 Å². The Kier molecular flexibility index (Phi) is 2.29. The summed E-state index contributed by atoms with van der Waals surface area (Å²) in [5.41, 5.74) is -0.727. The van der Waals surface area contributed by atoms with Gasteiger partial charge in [0, 0.05) is 11.5 Å². The van der Waals surface area contributed by atoms with Crippen LogP contribution in [-0.4, -0.2) is 27.1 Å². The number of carbonyl (C=O) groups is 1. The van der Waals surface area contributed by atoms with Gasteiger partial charge in [0.15, 0.2) is 0 Å². The largest absolute Gasteiger partial charge is 0.313 e. The maximum Gasteiger partial charge on any atom is 0.134 e. The first-order chi connectivity index (χ1) is 5.69. The van der Waals surface area contributed by atoms with Crippen LogP contribution in [0, 0.1) is 5.92 Å². The van der Waals surface area contributed by atoms with Crippen LogP contribution in [-0.2, 0) is 4.79 Å². The fourth-order valence-corrected chi connectivity index (χ4v) is 2.40. The Labute approximate surface area is 79.7 Å². The molecule has 0 aliphatic carbocycles. The zero-order chi connectivity index (χ0) is 10.4. The zero-order valence-corrected chi connectivity index (χ0v) is 9.09. The molecule has 1 saturated heterocycles. The summed E-state index contributed by atoms with van der Waals surface area (Å²) in [6.45, 7) is 9.33. The van der Waals surface area contributed by atoms with Gasteiger partial charge in [-0.15, -0.1) is 0 Å². The van der Waals surface area contributed by atoms with Crippen molar-refractivity contribution < 1.29 is 10.0 Å². The van der Waals surface area contributed by atoms with Gasteiger partial charge in [0.05, 0.1) is 5.54 Å². The lowest BCUT2D eigenvalue weighted by Crippen LogP contribution is -2.48. The third kappa shape index (κ3) is 1.51. The molecule has 76 valence electrons. The maximum absolute atomic E-state index is 11.4. The molecule has 3 heteroatoms. The number of hydroxylamine groups is 2. The minimum Gasteiger partial charge on any atom is -0.313 e. The molecule has 0 aromatic heterocycles. The standard InChI is InChI=1S/C10H19NO2/c1-7(12)8-6-9(2,3)11(13)10(8,4)5/h8,13H,6H2,1-5H3. The van der Waals surface area contributed by atoms with Gasteiger partial charge in [-0.25, -0.2) is 0 Å². The van der Waals surface area contributed by atoms with E-state index in [1.54, 1.807) is 6.92 Å². The summed E-state index contributed by atoms with van der Waals surface area (Å²) in [7, 11) is 0. The molecule has 1 rings (SSSR count). The van der Waals surface area contributed by atoms with Crippen LogP contribution < -0.4 is 0 Å². The van der Waals surface area contributed by atoms with E-state index in [0.717, 1.165) is 6.42 Å². The van der Waals surface area contributed by atoms with Crippen molar-refractivity contribution >= 4 is 5.78 Å². The van der Waals surface area contributed by atoms with Gasteiger partial charge in [0.1, 0.15) is 5.78 Å². The van der Waals surface area contributed by atoms with Crippen molar-refractivity contribution in [2.75, 3.05) is 0 Å². The molecule has 13 heavy (non-hydrogen) atoms. The summed E-state index contributed by atoms with van der Waals surface area (Å²) in [6, 6.07) is 0. The highest BCUT2D eigenvalue weighted by molar-refractivity contribution is 5.80. The van der Waals surface area contributed by atoms with Crippen molar-refractivity contribution in [1.82, 2.24) is 5.06 Å². The number of carbonyl (C=O) groups excluding carboxylic acids is 1. The molecular formula is C10H19NO2. The smallest absolute Gasteiger partial charge is 0.134 e. The molecule has 1 heterocycles. The first kappa shape index (κ1) is 10.7. The van der Waals surface area contributed by atoms with E-state index in [-0.39, 0.29) is 17.2 Å². The van der Waals surface area contributed by atoms with E-state index in [1.165, 1.54) is 5.06 Å². The second-order valence-electron chi connectivity index (χ2n) is 5.15. The molecule has 1 aliphatic heterocycles. The quantitative estimate of drug-likeness (QED) is 0.677. The summed E-state index contributed by atoms with van der Waals surface area (Å²) in [6.07, 6.45) is 0.728. The van der Waals surface area contributed by atoms with Crippen LogP contribution in [0.25, 0.3) is 0 Å². The van der Waals surface area contributed by atoms with Crippen LogP contribution in [0.5, 0.6) is 0 Å². The number of Topliss-reactive ketones (excluding diaryl/α,β-unsaturated/α-hetero) is 1. The number of hydrogen-bond acceptors (Lipinski definition) is 3. The Morgan fingerprint density at radius 2 is 1.85 bits per heavy atom. The Hall–Kier alpha value is -0.410. The Morgan fingerprint density at radius 3 is 2.00 bits per heavy atom. The van der Waals surface area contributed by atoms with Crippen molar-refractivity contribution in [2.24, 2.45) is 5.92 Å². The summed E-state index contributed by atoms with van der Waals surface area (Å²) in [5.74, 6) is 0.0992. The number of ketones is 1. The van der Waals surface area contributed by atoms with E-state index >= 15 is 0 Å². The van der Waals surface area contributed by atoms with Crippen LogP contribution in [0.15, 0.2) is 0 Å². The maximum atomic E-state index is 11.4. The Balaban J connectivity index is 3.00. The fraction of sp³-hybridized carbons (Fsp3) is 0.900. The minimum atomic E-state index is -0.435. The Bertz CT molecular complexity index is 233. The van der Waals surface area contributed by atoms with E-state index in [1.807, 2.05) is 27.7 Å². The first-order valence-corrected chi connectivity index (χ1v) is 4.69. The summed E-state index contributed by atoms with van der Waals surface area (Å²) in [4.78, 5) is 11.4. The monoisotopic (exact) mass is 185 g/mol. The fourth-order valence-electron chi connectivity index (χ4n) is 2.40. The molecule has 0 spiro atoms. The lowest BCUT2D eigenvalue weighted by Gasteiger charge is -2.35. The van der Waals surface area contributed by atoms with Gasteiger partial charge in [-0.05, 0) is 41.0 Å². The summed E-state index contributed by atoms with van der Waals surface area (Å²) >= 11 is 0. The van der Waals surface area contributed by atoms with Crippen LogP contribution >= 0.6 is 0 Å². The van der Waals surface area contributed by atoms with E-state index in [2.05, 4.69) is 0 Å². The van der Waals surface area contributed by atoms with Gasteiger partial charge < -0.3 is 5.21 Å². The van der Waals surface area contributed by atoms with E-state index in [9.17, 15) is 10.0 Å². The normalized spacial score (nSPS) is 32.0. The number of rotatable bonds is 1. The zero-order valence-electron chi connectivity index (χ0n) is 9.09. The van der Waals surface area contributed by atoms with Crippen molar-refractivity contribution in [3.8, 4) is 0 Å². The molecular weight excluding hydrogens is 166 g/mol. The van der Waals surface area contributed by atoms with Gasteiger partial charge in [0.2, 0.25) is 0 Å². The highest BCUT2D eigenvalue weighted by Gasteiger charge is 2.52. The first-order valence-electron chi connectivity index (χ1n) is 4.69. The highest BCUT2D eigenvalue weighted by Crippen LogP contribution is 2.43. The second kappa shape index (κ2) is 2.79. The third-order valence-corrected chi connectivity index (χ3v) is 3.17. The molecule has 0 amide bonds. The molecule has 1 atom stereocenters. The Morgan fingerprint density at radius 1 is 1.38 bits per heavy atom. The molecule has 1 unspecified atom stereocenters. The SMILES string of the molecule is CC(=O)C1CC(C)(C)N(O)C1(C)C. The van der Waals surface area contributed by atoms with Crippen LogP contribution in [0.1, 0.15) is 41.0 Å². The van der Waals surface area contributed by atoms with Gasteiger partial charge in [-0.1, -0.05) is 0 Å². The third-order valence-electron chi connectivity index (χ3n) is 3.17. The topological polar surface area (TPSA) is 40.5 Å². The summed E-state index contributed by atoms with van der Waals surface area (Å²) < 4.78 is 0.